The molecule has 2 amide bonds. The fourth-order valence-electron chi connectivity index (χ4n) is 2.95. The molecule has 0 unspecified atom stereocenters. The first kappa shape index (κ1) is 18.9. The molecule has 1 heterocycles. The van der Waals surface area contributed by atoms with Crippen LogP contribution in [-0.4, -0.2) is 65.8 Å². The monoisotopic (exact) mass is 348 g/mol. The predicted octanol–water partition coefficient (Wildman–Crippen LogP) is 1.27. The zero-order valence-corrected chi connectivity index (χ0v) is 14.8. The van der Waals surface area contributed by atoms with Gasteiger partial charge in [0.25, 0.3) is 11.6 Å². The molecular weight excluding hydrogens is 324 g/mol. The first-order valence-corrected chi connectivity index (χ1v) is 8.30. The number of nitro benzene ring substituents is 1. The number of benzene rings is 1. The van der Waals surface area contributed by atoms with E-state index in [9.17, 15) is 19.7 Å². The van der Waals surface area contributed by atoms with Crippen molar-refractivity contribution in [3.05, 3.63) is 39.9 Å². The molecule has 1 aliphatic heterocycles. The second-order valence-electron chi connectivity index (χ2n) is 6.55. The largest absolute Gasteiger partial charge is 0.341 e. The quantitative estimate of drug-likeness (QED) is 0.638. The van der Waals surface area contributed by atoms with E-state index in [2.05, 4.69) is 10.2 Å². The number of amides is 2. The van der Waals surface area contributed by atoms with Crippen molar-refractivity contribution in [2.24, 2.45) is 0 Å². The second-order valence-corrected chi connectivity index (χ2v) is 6.55. The summed E-state index contributed by atoms with van der Waals surface area (Å²) in [5, 5.41) is 13.4. The van der Waals surface area contributed by atoms with E-state index < -0.39 is 16.9 Å². The van der Waals surface area contributed by atoms with Crippen molar-refractivity contribution in [1.29, 1.82) is 0 Å². The zero-order valence-electron chi connectivity index (χ0n) is 14.8. The summed E-state index contributed by atoms with van der Waals surface area (Å²) in [6.45, 7) is 2.96. The van der Waals surface area contributed by atoms with E-state index >= 15 is 0 Å². The van der Waals surface area contributed by atoms with E-state index in [1.807, 2.05) is 14.1 Å². The Kier molecular flexibility index (Phi) is 6.08. The van der Waals surface area contributed by atoms with Gasteiger partial charge >= 0.3 is 0 Å². The molecule has 1 fully saturated rings. The summed E-state index contributed by atoms with van der Waals surface area (Å²) in [6.07, 6.45) is 1.98. The third-order valence-corrected chi connectivity index (χ3v) is 4.48. The molecular formula is C17H24N4O4. The van der Waals surface area contributed by atoms with Crippen LogP contribution in [0, 0.1) is 10.1 Å². The van der Waals surface area contributed by atoms with E-state index in [-0.39, 0.29) is 17.2 Å². The van der Waals surface area contributed by atoms with Gasteiger partial charge in [-0.25, -0.2) is 0 Å². The molecule has 2 rings (SSSR count). The summed E-state index contributed by atoms with van der Waals surface area (Å²) in [5.41, 5.74) is 0.00940. The van der Waals surface area contributed by atoms with Crippen molar-refractivity contribution in [3.8, 4) is 0 Å². The maximum Gasteiger partial charge on any atom is 0.270 e. The van der Waals surface area contributed by atoms with Crippen molar-refractivity contribution in [1.82, 2.24) is 15.1 Å². The predicted molar refractivity (Wildman–Crippen MR) is 93.3 cm³/mol. The van der Waals surface area contributed by atoms with Gasteiger partial charge in [0.2, 0.25) is 5.91 Å². The average molecular weight is 348 g/mol. The van der Waals surface area contributed by atoms with E-state index in [0.29, 0.717) is 19.1 Å². The number of non-ortho nitro benzene ring substituents is 1. The molecule has 0 radical (unpaired) electrons. The maximum atomic E-state index is 12.6. The highest BCUT2D eigenvalue weighted by Crippen LogP contribution is 2.16. The molecule has 2 atom stereocenters. The number of likely N-dealkylation sites (tertiary alicyclic amines) is 1. The highest BCUT2D eigenvalue weighted by atomic mass is 16.6. The Morgan fingerprint density at radius 3 is 2.76 bits per heavy atom. The molecule has 0 saturated carbocycles. The van der Waals surface area contributed by atoms with E-state index in [1.54, 1.807) is 11.8 Å². The van der Waals surface area contributed by atoms with Gasteiger partial charge in [-0.1, -0.05) is 6.07 Å². The standard InChI is InChI=1S/C17H24N4O4/c1-12(17(23)20-9-5-8-15(11-20)19(2)3)18-16(22)13-6-4-7-14(10-13)21(24)25/h4,6-7,10,12,15H,5,8-9,11H2,1-3H3,(H,18,22)/t12-,15+/m0/s1. The molecule has 1 aliphatic rings. The van der Waals surface area contributed by atoms with Crippen molar-refractivity contribution in [3.63, 3.8) is 0 Å². The van der Waals surface area contributed by atoms with Gasteiger partial charge in [0, 0.05) is 36.8 Å². The fraction of sp³-hybridized carbons (Fsp3) is 0.529. The lowest BCUT2D eigenvalue weighted by molar-refractivity contribution is -0.384. The molecule has 1 saturated heterocycles. The van der Waals surface area contributed by atoms with Gasteiger partial charge in [0.15, 0.2) is 0 Å². The average Bonchev–Trinajstić information content (AvgIpc) is 2.61. The third kappa shape index (κ3) is 4.76. The van der Waals surface area contributed by atoms with Crippen LogP contribution < -0.4 is 5.32 Å². The van der Waals surface area contributed by atoms with Crippen LogP contribution in [0.1, 0.15) is 30.1 Å². The molecule has 136 valence electrons. The number of nitro groups is 1. The minimum Gasteiger partial charge on any atom is -0.341 e. The van der Waals surface area contributed by atoms with Crippen molar-refractivity contribution in [2.45, 2.75) is 31.8 Å². The normalized spacial score (nSPS) is 18.7. The van der Waals surface area contributed by atoms with Gasteiger partial charge in [-0.3, -0.25) is 19.7 Å². The molecule has 1 aromatic rings. The minimum absolute atomic E-state index is 0.134. The fourth-order valence-corrected chi connectivity index (χ4v) is 2.95. The summed E-state index contributed by atoms with van der Waals surface area (Å²) in [6, 6.07) is 5.09. The van der Waals surface area contributed by atoms with Crippen molar-refractivity contribution < 1.29 is 14.5 Å². The van der Waals surface area contributed by atoms with Crippen LogP contribution in [0.25, 0.3) is 0 Å². The summed E-state index contributed by atoms with van der Waals surface area (Å²) in [5.74, 6) is -0.629. The number of carbonyl (C=O) groups excluding carboxylic acids is 2. The van der Waals surface area contributed by atoms with Crippen LogP contribution in [0.5, 0.6) is 0 Å². The second kappa shape index (κ2) is 8.06. The van der Waals surface area contributed by atoms with Crippen LogP contribution in [0.4, 0.5) is 5.69 Å². The lowest BCUT2D eigenvalue weighted by Gasteiger charge is -2.37. The van der Waals surface area contributed by atoms with Crippen molar-refractivity contribution in [2.75, 3.05) is 27.2 Å². The Labute approximate surface area is 146 Å². The molecule has 1 N–H and O–H groups in total. The molecule has 0 bridgehead atoms. The molecule has 0 aromatic heterocycles. The van der Waals surface area contributed by atoms with E-state index in [0.717, 1.165) is 12.8 Å². The Morgan fingerprint density at radius 2 is 2.12 bits per heavy atom. The Morgan fingerprint density at radius 1 is 1.40 bits per heavy atom. The van der Waals surface area contributed by atoms with Gasteiger partial charge in [0.05, 0.1) is 4.92 Å². The van der Waals surface area contributed by atoms with Gasteiger partial charge in [-0.2, -0.15) is 0 Å². The van der Waals surface area contributed by atoms with Gasteiger partial charge < -0.3 is 15.1 Å². The van der Waals surface area contributed by atoms with Crippen LogP contribution >= 0.6 is 0 Å². The lowest BCUT2D eigenvalue weighted by atomic mass is 10.0. The van der Waals surface area contributed by atoms with Crippen molar-refractivity contribution >= 4 is 17.5 Å². The van der Waals surface area contributed by atoms with Crippen LogP contribution in [0.3, 0.4) is 0 Å². The summed E-state index contributed by atoms with van der Waals surface area (Å²) in [7, 11) is 3.98. The molecule has 0 spiro atoms. The highest BCUT2D eigenvalue weighted by molar-refractivity contribution is 5.97. The molecule has 8 heteroatoms. The number of likely N-dealkylation sites (N-methyl/N-ethyl adjacent to an activating group) is 1. The minimum atomic E-state index is -0.687. The Bertz CT molecular complexity index is 662. The highest BCUT2D eigenvalue weighted by Gasteiger charge is 2.28. The van der Waals surface area contributed by atoms with Crippen LogP contribution in [-0.2, 0) is 4.79 Å². The van der Waals surface area contributed by atoms with Gasteiger partial charge in [-0.15, -0.1) is 0 Å². The Balaban J connectivity index is 1.99. The zero-order chi connectivity index (χ0) is 18.6. The number of hydrogen-bond donors (Lipinski definition) is 1. The molecule has 1 aromatic carbocycles. The third-order valence-electron chi connectivity index (χ3n) is 4.48. The summed E-state index contributed by atoms with van der Waals surface area (Å²) < 4.78 is 0. The summed E-state index contributed by atoms with van der Waals surface area (Å²) >= 11 is 0. The number of nitrogens with zero attached hydrogens (tertiary/aromatic N) is 3. The van der Waals surface area contributed by atoms with Crippen LogP contribution in [0.15, 0.2) is 24.3 Å². The number of piperidine rings is 1. The lowest BCUT2D eigenvalue weighted by Crippen LogP contribution is -2.53. The topological polar surface area (TPSA) is 95.8 Å². The molecule has 8 nitrogen and oxygen atoms in total. The SMILES string of the molecule is C[C@H](NC(=O)c1cccc([N+](=O)[O-])c1)C(=O)N1CCC[C@@H](N(C)C)C1. The first-order chi connectivity index (χ1) is 11.8. The van der Waals surface area contributed by atoms with Gasteiger partial charge in [-0.05, 0) is 39.9 Å². The smallest absolute Gasteiger partial charge is 0.270 e. The Hall–Kier alpha value is -2.48. The summed E-state index contributed by atoms with van der Waals surface area (Å²) in [4.78, 5) is 39.0. The number of carbonyl (C=O) groups is 2. The number of rotatable bonds is 5. The molecule has 25 heavy (non-hydrogen) atoms. The molecule has 0 aliphatic carbocycles. The van der Waals surface area contributed by atoms with Crippen LogP contribution in [0.2, 0.25) is 0 Å². The number of hydrogen-bond acceptors (Lipinski definition) is 5. The number of nitrogens with one attached hydrogen (secondary N) is 1. The first-order valence-electron chi connectivity index (χ1n) is 8.30. The maximum absolute atomic E-state index is 12.6. The van der Waals surface area contributed by atoms with E-state index in [1.165, 1.54) is 24.3 Å². The van der Waals surface area contributed by atoms with Gasteiger partial charge in [0.1, 0.15) is 6.04 Å². The van der Waals surface area contributed by atoms with E-state index in [4.69, 9.17) is 0 Å².